The maximum atomic E-state index is 4.85. The molecule has 0 saturated carbocycles. The largest absolute Gasteiger partial charge is 0.256 e. The summed E-state index contributed by atoms with van der Waals surface area (Å²) in [6, 6.07) is 40.3. The van der Waals surface area contributed by atoms with E-state index in [0.29, 0.717) is 0 Å². The highest BCUT2D eigenvalue weighted by Gasteiger charge is 2.06. The number of para-hydroxylation sites is 1. The predicted octanol–water partition coefficient (Wildman–Crippen LogP) is 7.78. The van der Waals surface area contributed by atoms with Crippen molar-refractivity contribution >= 4 is 21.7 Å². The molecular formula is C30H20N2. The Morgan fingerprint density at radius 1 is 0.406 bits per heavy atom. The van der Waals surface area contributed by atoms with Crippen LogP contribution in [0.3, 0.4) is 0 Å². The van der Waals surface area contributed by atoms with Crippen molar-refractivity contribution in [3.8, 4) is 33.6 Å². The van der Waals surface area contributed by atoms with Crippen LogP contribution in [-0.2, 0) is 0 Å². The highest BCUT2D eigenvalue weighted by Crippen LogP contribution is 2.30. The van der Waals surface area contributed by atoms with Gasteiger partial charge in [0.25, 0.3) is 0 Å². The van der Waals surface area contributed by atoms with Crippen LogP contribution < -0.4 is 0 Å². The molecule has 2 aromatic heterocycles. The van der Waals surface area contributed by atoms with Gasteiger partial charge in [0.15, 0.2) is 0 Å². The Morgan fingerprint density at radius 2 is 1.06 bits per heavy atom. The quantitative estimate of drug-likeness (QED) is 0.299. The third kappa shape index (κ3) is 3.42. The normalized spacial score (nSPS) is 11.1. The van der Waals surface area contributed by atoms with E-state index in [0.717, 1.165) is 33.4 Å². The van der Waals surface area contributed by atoms with E-state index in [1.807, 2.05) is 36.5 Å². The van der Waals surface area contributed by atoms with Gasteiger partial charge in [0.1, 0.15) is 0 Å². The first-order valence-electron chi connectivity index (χ1n) is 10.8. The number of rotatable bonds is 3. The van der Waals surface area contributed by atoms with Crippen molar-refractivity contribution in [3.63, 3.8) is 0 Å². The number of hydrogen-bond acceptors (Lipinski definition) is 2. The van der Waals surface area contributed by atoms with Crippen LogP contribution in [-0.4, -0.2) is 9.97 Å². The number of aromatic nitrogens is 2. The lowest BCUT2D eigenvalue weighted by atomic mass is 9.98. The molecule has 6 rings (SSSR count). The van der Waals surface area contributed by atoms with Gasteiger partial charge in [-0.1, -0.05) is 78.9 Å². The molecule has 0 radical (unpaired) electrons. The van der Waals surface area contributed by atoms with Gasteiger partial charge in [-0.3, -0.25) is 4.98 Å². The smallest absolute Gasteiger partial charge is 0.0709 e. The molecule has 0 atom stereocenters. The molecule has 4 aromatic carbocycles. The van der Waals surface area contributed by atoms with E-state index >= 15 is 0 Å². The third-order valence-electron chi connectivity index (χ3n) is 5.91. The molecule has 32 heavy (non-hydrogen) atoms. The van der Waals surface area contributed by atoms with E-state index < -0.39 is 0 Å². The maximum absolute atomic E-state index is 4.85. The zero-order chi connectivity index (χ0) is 21.3. The minimum absolute atomic E-state index is 0.993. The molecular weight excluding hydrogens is 388 g/mol. The summed E-state index contributed by atoms with van der Waals surface area (Å²) < 4.78 is 0. The van der Waals surface area contributed by atoms with Crippen LogP contribution >= 0.6 is 0 Å². The first-order valence-corrected chi connectivity index (χ1v) is 10.8. The predicted molar refractivity (Wildman–Crippen MR) is 133 cm³/mol. The summed E-state index contributed by atoms with van der Waals surface area (Å²) in [7, 11) is 0. The summed E-state index contributed by atoms with van der Waals surface area (Å²) in [5.41, 5.74) is 7.69. The first-order chi connectivity index (χ1) is 15.8. The molecule has 0 aliphatic heterocycles. The van der Waals surface area contributed by atoms with E-state index in [4.69, 9.17) is 4.98 Å². The molecule has 2 heterocycles. The van der Waals surface area contributed by atoms with Crippen molar-refractivity contribution in [3.05, 3.63) is 121 Å². The standard InChI is InChI=1S/C30H20N2/c1-2-7-29-22(5-1)16-17-30(32-29)27-15-14-25-19-24(12-13-26(25)20-27)21-8-10-23(11-9-21)28-6-3-4-18-31-28/h1-20H. The fourth-order valence-corrected chi connectivity index (χ4v) is 4.18. The topological polar surface area (TPSA) is 25.8 Å². The van der Waals surface area contributed by atoms with E-state index in [1.54, 1.807) is 0 Å². The van der Waals surface area contributed by atoms with Crippen molar-refractivity contribution in [2.24, 2.45) is 0 Å². The van der Waals surface area contributed by atoms with Crippen molar-refractivity contribution in [2.45, 2.75) is 0 Å². The fourth-order valence-electron chi connectivity index (χ4n) is 4.18. The monoisotopic (exact) mass is 408 g/mol. The van der Waals surface area contributed by atoms with Crippen molar-refractivity contribution < 1.29 is 0 Å². The molecule has 6 aromatic rings. The Balaban J connectivity index is 1.33. The van der Waals surface area contributed by atoms with Crippen LogP contribution in [0.15, 0.2) is 121 Å². The number of nitrogens with zero attached hydrogens (tertiary/aromatic N) is 2. The Labute approximate surface area is 186 Å². The van der Waals surface area contributed by atoms with Gasteiger partial charge in [0, 0.05) is 22.7 Å². The molecule has 0 bridgehead atoms. The van der Waals surface area contributed by atoms with E-state index in [-0.39, 0.29) is 0 Å². The SMILES string of the molecule is c1ccc(-c2ccc(-c3ccc4cc(-c5ccc6ccccc6n5)ccc4c3)cc2)nc1. The van der Waals surface area contributed by atoms with Crippen molar-refractivity contribution in [1.82, 2.24) is 9.97 Å². The molecule has 0 N–H and O–H groups in total. The van der Waals surface area contributed by atoms with Gasteiger partial charge in [0.05, 0.1) is 16.9 Å². The second-order valence-corrected chi connectivity index (χ2v) is 7.96. The Morgan fingerprint density at radius 3 is 1.88 bits per heavy atom. The number of fused-ring (bicyclic) bond motifs is 2. The lowest BCUT2D eigenvalue weighted by Gasteiger charge is -2.08. The first kappa shape index (κ1) is 18.5. The lowest BCUT2D eigenvalue weighted by molar-refractivity contribution is 1.33. The van der Waals surface area contributed by atoms with Crippen LogP contribution in [0.2, 0.25) is 0 Å². The van der Waals surface area contributed by atoms with E-state index in [2.05, 4.69) is 89.9 Å². The number of benzene rings is 4. The average Bonchev–Trinajstić information content (AvgIpc) is 2.88. The van der Waals surface area contributed by atoms with Crippen LogP contribution in [0.1, 0.15) is 0 Å². The molecule has 0 spiro atoms. The third-order valence-corrected chi connectivity index (χ3v) is 5.91. The Bertz CT molecular complexity index is 1550. The summed E-state index contributed by atoms with van der Waals surface area (Å²) in [6.45, 7) is 0. The van der Waals surface area contributed by atoms with E-state index in [1.165, 1.54) is 21.9 Å². The van der Waals surface area contributed by atoms with Crippen LogP contribution in [0, 0.1) is 0 Å². The zero-order valence-corrected chi connectivity index (χ0v) is 17.4. The Hall–Kier alpha value is -4.30. The summed E-state index contributed by atoms with van der Waals surface area (Å²) in [4.78, 5) is 9.28. The van der Waals surface area contributed by atoms with Gasteiger partial charge in [-0.25, -0.2) is 4.98 Å². The highest BCUT2D eigenvalue weighted by atomic mass is 14.7. The molecule has 0 amide bonds. The van der Waals surface area contributed by atoms with Crippen LogP contribution in [0.25, 0.3) is 55.3 Å². The van der Waals surface area contributed by atoms with Gasteiger partial charge < -0.3 is 0 Å². The summed E-state index contributed by atoms with van der Waals surface area (Å²) in [6.07, 6.45) is 1.83. The molecule has 2 heteroatoms. The summed E-state index contributed by atoms with van der Waals surface area (Å²) in [5.74, 6) is 0. The van der Waals surface area contributed by atoms with Crippen molar-refractivity contribution in [1.29, 1.82) is 0 Å². The number of hydrogen-bond donors (Lipinski definition) is 0. The zero-order valence-electron chi connectivity index (χ0n) is 17.4. The minimum atomic E-state index is 0.993. The fraction of sp³-hybridized carbons (Fsp3) is 0. The van der Waals surface area contributed by atoms with Crippen molar-refractivity contribution in [2.75, 3.05) is 0 Å². The second-order valence-electron chi connectivity index (χ2n) is 7.96. The molecule has 0 saturated heterocycles. The minimum Gasteiger partial charge on any atom is -0.256 e. The lowest BCUT2D eigenvalue weighted by Crippen LogP contribution is -1.86. The summed E-state index contributed by atoms with van der Waals surface area (Å²) in [5, 5.41) is 3.60. The van der Waals surface area contributed by atoms with Gasteiger partial charge in [-0.05, 0) is 58.3 Å². The Kier molecular flexibility index (Phi) is 4.47. The second kappa shape index (κ2) is 7.75. The van der Waals surface area contributed by atoms with Crippen LogP contribution in [0.5, 0.6) is 0 Å². The van der Waals surface area contributed by atoms with Gasteiger partial charge >= 0.3 is 0 Å². The molecule has 2 nitrogen and oxygen atoms in total. The summed E-state index contributed by atoms with van der Waals surface area (Å²) >= 11 is 0. The maximum Gasteiger partial charge on any atom is 0.0709 e. The highest BCUT2D eigenvalue weighted by molar-refractivity contribution is 5.91. The average molecular weight is 409 g/mol. The van der Waals surface area contributed by atoms with Gasteiger partial charge in [-0.2, -0.15) is 0 Å². The van der Waals surface area contributed by atoms with Gasteiger partial charge in [0.2, 0.25) is 0 Å². The van der Waals surface area contributed by atoms with Crippen LogP contribution in [0.4, 0.5) is 0 Å². The molecule has 150 valence electrons. The molecule has 0 aliphatic rings. The molecule has 0 aliphatic carbocycles. The van der Waals surface area contributed by atoms with Gasteiger partial charge in [-0.15, -0.1) is 0 Å². The van der Waals surface area contributed by atoms with E-state index in [9.17, 15) is 0 Å². The number of pyridine rings is 2. The molecule has 0 unspecified atom stereocenters. The molecule has 0 fully saturated rings.